The molecule has 3 rings (SSSR count). The van der Waals surface area contributed by atoms with Gasteiger partial charge < -0.3 is 14.0 Å². The largest absolute Gasteiger partial charge is 0.497 e. The van der Waals surface area contributed by atoms with E-state index in [4.69, 9.17) is 9.47 Å². The van der Waals surface area contributed by atoms with Crippen LogP contribution >= 0.6 is 0 Å². The fraction of sp³-hybridized carbons (Fsp3) is 0.118. The summed E-state index contributed by atoms with van der Waals surface area (Å²) in [5.41, 5.74) is 3.25. The Hall–Kier alpha value is -2.75. The van der Waals surface area contributed by atoms with E-state index in [0.29, 0.717) is 0 Å². The zero-order valence-electron chi connectivity index (χ0n) is 12.0. The van der Waals surface area contributed by atoms with Crippen LogP contribution in [0.4, 0.5) is 0 Å². The third-order valence-corrected chi connectivity index (χ3v) is 3.39. The van der Waals surface area contributed by atoms with Crippen molar-refractivity contribution >= 4 is 0 Å². The van der Waals surface area contributed by atoms with E-state index in [-0.39, 0.29) is 0 Å². The molecule has 4 nitrogen and oxygen atoms in total. The first kappa shape index (κ1) is 13.2. The van der Waals surface area contributed by atoms with Crippen molar-refractivity contribution in [2.75, 3.05) is 14.2 Å². The molecule has 0 radical (unpaired) electrons. The van der Waals surface area contributed by atoms with Crippen molar-refractivity contribution in [3.63, 3.8) is 0 Å². The second-order valence-corrected chi connectivity index (χ2v) is 4.58. The molecule has 0 amide bonds. The minimum Gasteiger partial charge on any atom is -0.497 e. The van der Waals surface area contributed by atoms with Crippen LogP contribution in [0.2, 0.25) is 0 Å². The van der Waals surface area contributed by atoms with E-state index in [9.17, 15) is 0 Å². The SMILES string of the molecule is COc1ccc(-c2ccc(OC)cc2-n2ccnc2)cc1. The number of hydrogen-bond acceptors (Lipinski definition) is 3. The molecule has 21 heavy (non-hydrogen) atoms. The molecule has 0 bridgehead atoms. The van der Waals surface area contributed by atoms with Gasteiger partial charge in [0.25, 0.3) is 0 Å². The Labute approximate surface area is 123 Å². The predicted octanol–water partition coefficient (Wildman–Crippen LogP) is 3.56. The van der Waals surface area contributed by atoms with Gasteiger partial charge in [0.05, 0.1) is 26.2 Å². The number of hydrogen-bond donors (Lipinski definition) is 0. The van der Waals surface area contributed by atoms with E-state index >= 15 is 0 Å². The molecule has 0 atom stereocenters. The summed E-state index contributed by atoms with van der Waals surface area (Å²) in [6.07, 6.45) is 5.46. The average molecular weight is 280 g/mol. The van der Waals surface area contributed by atoms with Crippen LogP contribution in [0.1, 0.15) is 0 Å². The highest BCUT2D eigenvalue weighted by atomic mass is 16.5. The molecule has 0 aliphatic rings. The Morgan fingerprint density at radius 3 is 2.24 bits per heavy atom. The standard InChI is InChI=1S/C17H16N2O2/c1-20-14-5-3-13(4-6-14)16-8-7-15(21-2)11-17(16)19-10-9-18-12-19/h3-12H,1-2H3. The van der Waals surface area contributed by atoms with E-state index in [2.05, 4.69) is 11.1 Å². The molecule has 0 N–H and O–H groups in total. The maximum Gasteiger partial charge on any atom is 0.120 e. The van der Waals surface area contributed by atoms with Crippen LogP contribution in [0.5, 0.6) is 11.5 Å². The summed E-state index contributed by atoms with van der Waals surface area (Å²) in [5.74, 6) is 1.66. The van der Waals surface area contributed by atoms with Crippen LogP contribution in [0.25, 0.3) is 16.8 Å². The summed E-state index contributed by atoms with van der Waals surface area (Å²) < 4.78 is 12.5. The number of benzene rings is 2. The Morgan fingerprint density at radius 1 is 0.905 bits per heavy atom. The van der Waals surface area contributed by atoms with E-state index < -0.39 is 0 Å². The number of ether oxygens (including phenoxy) is 2. The van der Waals surface area contributed by atoms with E-state index in [1.807, 2.05) is 47.2 Å². The van der Waals surface area contributed by atoms with Gasteiger partial charge in [-0.15, -0.1) is 0 Å². The summed E-state index contributed by atoms with van der Waals surface area (Å²) >= 11 is 0. The van der Waals surface area contributed by atoms with E-state index in [1.165, 1.54) is 0 Å². The first-order valence-electron chi connectivity index (χ1n) is 6.62. The highest BCUT2D eigenvalue weighted by Gasteiger charge is 2.09. The van der Waals surface area contributed by atoms with Crippen LogP contribution in [0, 0.1) is 0 Å². The molecule has 3 aromatic rings. The van der Waals surface area contributed by atoms with Crippen molar-refractivity contribution < 1.29 is 9.47 Å². The van der Waals surface area contributed by atoms with Crippen LogP contribution in [0.15, 0.2) is 61.2 Å². The summed E-state index contributed by atoms with van der Waals surface area (Å²) in [4.78, 5) is 4.12. The lowest BCUT2D eigenvalue weighted by Gasteiger charge is -2.13. The zero-order valence-corrected chi connectivity index (χ0v) is 12.0. The van der Waals surface area contributed by atoms with Crippen molar-refractivity contribution in [1.29, 1.82) is 0 Å². The maximum atomic E-state index is 5.33. The van der Waals surface area contributed by atoms with Gasteiger partial charge in [0.15, 0.2) is 0 Å². The molecular weight excluding hydrogens is 264 g/mol. The van der Waals surface area contributed by atoms with Gasteiger partial charge in [-0.3, -0.25) is 0 Å². The first-order valence-corrected chi connectivity index (χ1v) is 6.62. The smallest absolute Gasteiger partial charge is 0.120 e. The number of rotatable bonds is 4. The lowest BCUT2D eigenvalue weighted by Crippen LogP contribution is -1.96. The second kappa shape index (κ2) is 5.71. The maximum absolute atomic E-state index is 5.33. The minimum absolute atomic E-state index is 0.816. The Kier molecular flexibility index (Phi) is 3.60. The van der Waals surface area contributed by atoms with Gasteiger partial charge in [0.1, 0.15) is 11.5 Å². The molecule has 2 aromatic carbocycles. The van der Waals surface area contributed by atoms with Gasteiger partial charge in [-0.25, -0.2) is 4.98 Å². The molecule has 0 unspecified atom stereocenters. The van der Waals surface area contributed by atoms with E-state index in [1.54, 1.807) is 26.7 Å². The molecule has 0 spiro atoms. The molecular formula is C17H16N2O2. The lowest BCUT2D eigenvalue weighted by molar-refractivity contribution is 0.414. The van der Waals surface area contributed by atoms with Gasteiger partial charge in [0.2, 0.25) is 0 Å². The van der Waals surface area contributed by atoms with Crippen LogP contribution in [-0.4, -0.2) is 23.8 Å². The molecule has 4 heteroatoms. The molecule has 0 fully saturated rings. The number of imidazole rings is 1. The lowest BCUT2D eigenvalue weighted by atomic mass is 10.0. The zero-order chi connectivity index (χ0) is 14.7. The van der Waals surface area contributed by atoms with Gasteiger partial charge in [-0.05, 0) is 29.8 Å². The topological polar surface area (TPSA) is 36.3 Å². The Bertz CT molecular complexity index is 719. The van der Waals surface area contributed by atoms with Gasteiger partial charge >= 0.3 is 0 Å². The Morgan fingerprint density at radius 2 is 1.62 bits per heavy atom. The van der Waals surface area contributed by atoms with Crippen LogP contribution in [0.3, 0.4) is 0 Å². The van der Waals surface area contributed by atoms with Crippen molar-refractivity contribution in [2.24, 2.45) is 0 Å². The van der Waals surface area contributed by atoms with Gasteiger partial charge in [-0.2, -0.15) is 0 Å². The third kappa shape index (κ3) is 2.60. The number of nitrogens with zero attached hydrogens (tertiary/aromatic N) is 2. The van der Waals surface area contributed by atoms with Crippen molar-refractivity contribution in [2.45, 2.75) is 0 Å². The van der Waals surface area contributed by atoms with Gasteiger partial charge in [-0.1, -0.05) is 12.1 Å². The predicted molar refractivity (Wildman–Crippen MR) is 82.1 cm³/mol. The molecule has 106 valence electrons. The van der Waals surface area contributed by atoms with Crippen molar-refractivity contribution in [3.8, 4) is 28.3 Å². The van der Waals surface area contributed by atoms with Crippen LogP contribution < -0.4 is 9.47 Å². The summed E-state index contributed by atoms with van der Waals surface area (Å²) in [6.45, 7) is 0. The number of methoxy groups -OCH3 is 2. The molecule has 0 aliphatic heterocycles. The second-order valence-electron chi connectivity index (χ2n) is 4.58. The average Bonchev–Trinajstić information content (AvgIpc) is 3.09. The minimum atomic E-state index is 0.816. The molecule has 0 saturated carbocycles. The monoisotopic (exact) mass is 280 g/mol. The molecule has 0 saturated heterocycles. The fourth-order valence-corrected chi connectivity index (χ4v) is 2.27. The fourth-order valence-electron chi connectivity index (χ4n) is 2.27. The first-order chi connectivity index (χ1) is 10.3. The van der Waals surface area contributed by atoms with Crippen molar-refractivity contribution in [3.05, 3.63) is 61.2 Å². The quantitative estimate of drug-likeness (QED) is 0.733. The summed E-state index contributed by atoms with van der Waals surface area (Å²) in [5, 5.41) is 0. The normalized spacial score (nSPS) is 10.4. The summed E-state index contributed by atoms with van der Waals surface area (Å²) in [6, 6.07) is 14.0. The Balaban J connectivity index is 2.12. The summed E-state index contributed by atoms with van der Waals surface area (Å²) in [7, 11) is 3.33. The highest BCUT2D eigenvalue weighted by Crippen LogP contribution is 2.31. The third-order valence-electron chi connectivity index (χ3n) is 3.39. The number of aromatic nitrogens is 2. The molecule has 1 heterocycles. The van der Waals surface area contributed by atoms with Crippen molar-refractivity contribution in [1.82, 2.24) is 9.55 Å². The van der Waals surface area contributed by atoms with Crippen LogP contribution in [-0.2, 0) is 0 Å². The van der Waals surface area contributed by atoms with Gasteiger partial charge in [0, 0.05) is 24.0 Å². The van der Waals surface area contributed by atoms with E-state index in [0.717, 1.165) is 28.3 Å². The molecule has 1 aromatic heterocycles. The molecule has 0 aliphatic carbocycles. The highest BCUT2D eigenvalue weighted by molar-refractivity contribution is 5.74.